The molecule has 3 heterocycles. The van der Waals surface area contributed by atoms with Crippen molar-refractivity contribution in [1.82, 2.24) is 9.55 Å². The van der Waals surface area contributed by atoms with Crippen LogP contribution in [0.25, 0.3) is 114 Å². The molecule has 0 saturated heterocycles. The van der Waals surface area contributed by atoms with Gasteiger partial charge in [-0.15, -0.1) is 0 Å². The standard InChI is InChI=1S/C35H25N3.C25H18.C19H14.C2H6/c1-4-15-32-28(12-1)29-13-2-5-16-33(29)38(32)27-18-19-35-31(22-27)30-14-3-6-17-34(30)37(35)26-11-7-9-24(21-26)25-10-8-20-36-23-25;1-17-7-6-8-18(15-17)19-13-14-24-22-11-3-2-9-20(22)21-10-4-5-12-23(21)25(24)16-19;1-13-10-11-18-16-8-3-2-6-14(16)15-7-4-5-9-17(15)19(18)12-13;1-2/h1-23,30,34H;2-16H,1H3;2-12H,1H3;1-2H3. The van der Waals surface area contributed by atoms with Crippen molar-refractivity contribution in [2.24, 2.45) is 0 Å². The monoisotopic (exact) mass is 1080 g/mol. The number of pyridine rings is 1. The SMILES string of the molecule is C1=CC2c3cc(-n4c5ccccc5c5ccccc54)ccc3N(c3cccc(-c4cccnc4)c3)C2C=C1.CC.Cc1ccc2c3ccccc3c3ccccc3c2c1.Cc1cccc(-c2ccc3c4ccccc4c4ccccc4c3c2)c1. The van der Waals surface area contributed by atoms with Gasteiger partial charge in [-0.2, -0.15) is 0 Å². The van der Waals surface area contributed by atoms with E-state index in [-0.39, 0.29) is 6.04 Å². The van der Waals surface area contributed by atoms with Crippen molar-refractivity contribution in [1.29, 1.82) is 0 Å². The molecule has 13 aromatic carbocycles. The number of benzene rings is 13. The third-order valence-corrected chi connectivity index (χ3v) is 17.0. The number of aromatic nitrogens is 2. The Morgan fingerprint density at radius 3 is 1.36 bits per heavy atom. The zero-order valence-electron chi connectivity index (χ0n) is 47.8. The quantitative estimate of drug-likeness (QED) is 0.164. The average Bonchev–Trinajstić information content (AvgIpc) is 3.63. The van der Waals surface area contributed by atoms with Gasteiger partial charge in [0.2, 0.25) is 0 Å². The van der Waals surface area contributed by atoms with Crippen LogP contribution < -0.4 is 4.90 Å². The van der Waals surface area contributed by atoms with Crippen molar-refractivity contribution in [3.8, 4) is 27.9 Å². The summed E-state index contributed by atoms with van der Waals surface area (Å²) in [4.78, 5) is 6.83. The molecule has 2 unspecified atom stereocenters. The van der Waals surface area contributed by atoms with Crippen LogP contribution in [-0.2, 0) is 0 Å². The van der Waals surface area contributed by atoms with Gasteiger partial charge in [0.25, 0.3) is 0 Å². The topological polar surface area (TPSA) is 21.1 Å². The molecule has 3 nitrogen and oxygen atoms in total. The Hall–Kier alpha value is -10.4. The molecule has 0 fully saturated rings. The van der Waals surface area contributed by atoms with Crippen LogP contribution in [0.3, 0.4) is 0 Å². The van der Waals surface area contributed by atoms with Gasteiger partial charge in [0.1, 0.15) is 0 Å². The number of allylic oxidation sites excluding steroid dienone is 2. The molecule has 3 heteroatoms. The summed E-state index contributed by atoms with van der Waals surface area (Å²) in [7, 11) is 0. The molecule has 0 N–H and O–H groups in total. The average molecular weight is 1080 g/mol. The summed E-state index contributed by atoms with van der Waals surface area (Å²) in [5.74, 6) is 0.296. The number of rotatable bonds is 4. The summed E-state index contributed by atoms with van der Waals surface area (Å²) in [6, 6.07) is 94.8. The molecule has 17 rings (SSSR count). The summed E-state index contributed by atoms with van der Waals surface area (Å²) in [5, 5.41) is 18.6. The molecule has 1 aliphatic carbocycles. The number of hydrogen-bond acceptors (Lipinski definition) is 2. The molecule has 0 spiro atoms. The van der Waals surface area contributed by atoms with E-state index in [0.717, 1.165) is 5.56 Å². The van der Waals surface area contributed by atoms with Gasteiger partial charge < -0.3 is 9.47 Å². The number of hydrogen-bond donors (Lipinski definition) is 0. The normalized spacial score (nSPS) is 14.1. The predicted molar refractivity (Wildman–Crippen MR) is 362 cm³/mol. The van der Waals surface area contributed by atoms with Crippen LogP contribution in [0.5, 0.6) is 0 Å². The third kappa shape index (κ3) is 9.15. The van der Waals surface area contributed by atoms with Gasteiger partial charge >= 0.3 is 0 Å². The van der Waals surface area contributed by atoms with Gasteiger partial charge in [0.05, 0.1) is 17.1 Å². The Bertz CT molecular complexity index is 4920. The lowest BCUT2D eigenvalue weighted by atomic mass is 9.91. The summed E-state index contributed by atoms with van der Waals surface area (Å²) < 4.78 is 2.41. The second-order valence-corrected chi connectivity index (χ2v) is 21.9. The first-order valence-corrected chi connectivity index (χ1v) is 29.5. The highest BCUT2D eigenvalue weighted by Gasteiger charge is 2.38. The Kier molecular flexibility index (Phi) is 13.7. The smallest absolute Gasteiger partial charge is 0.0629 e. The van der Waals surface area contributed by atoms with Crippen LogP contribution in [0.1, 0.15) is 36.5 Å². The molecule has 0 amide bonds. The Balaban J connectivity index is 0.000000118. The lowest BCUT2D eigenvalue weighted by Crippen LogP contribution is -2.28. The fraction of sp³-hybridized carbons (Fsp3) is 0.0741. The van der Waals surface area contributed by atoms with E-state index < -0.39 is 0 Å². The van der Waals surface area contributed by atoms with E-state index in [9.17, 15) is 0 Å². The van der Waals surface area contributed by atoms with Crippen molar-refractivity contribution in [3.05, 3.63) is 314 Å². The predicted octanol–water partition coefficient (Wildman–Crippen LogP) is 22.2. The van der Waals surface area contributed by atoms with Gasteiger partial charge in [0.15, 0.2) is 0 Å². The van der Waals surface area contributed by atoms with Crippen LogP contribution in [0.2, 0.25) is 0 Å². The third-order valence-electron chi connectivity index (χ3n) is 17.0. The Morgan fingerprint density at radius 1 is 0.321 bits per heavy atom. The second kappa shape index (κ2) is 22.2. The van der Waals surface area contributed by atoms with Crippen LogP contribution in [0, 0.1) is 13.8 Å². The fourth-order valence-electron chi connectivity index (χ4n) is 13.3. The largest absolute Gasteiger partial charge is 0.333 e. The van der Waals surface area contributed by atoms with Gasteiger partial charge in [-0.1, -0.05) is 256 Å². The maximum Gasteiger partial charge on any atom is 0.0629 e. The lowest BCUT2D eigenvalue weighted by molar-refractivity contribution is 0.744. The van der Waals surface area contributed by atoms with E-state index in [1.807, 2.05) is 32.3 Å². The molecule has 2 atom stereocenters. The van der Waals surface area contributed by atoms with E-state index in [1.165, 1.54) is 137 Å². The molecular formula is C81H63N3. The van der Waals surface area contributed by atoms with E-state index >= 15 is 0 Å². The second-order valence-electron chi connectivity index (χ2n) is 21.9. The zero-order valence-corrected chi connectivity index (χ0v) is 47.8. The van der Waals surface area contributed by atoms with Gasteiger partial charge in [-0.3, -0.25) is 4.98 Å². The molecule has 15 aromatic rings. The number of nitrogens with zero attached hydrogens (tertiary/aromatic N) is 3. The first kappa shape index (κ1) is 51.8. The highest BCUT2D eigenvalue weighted by molar-refractivity contribution is 6.26. The maximum atomic E-state index is 4.33. The molecule has 0 bridgehead atoms. The molecule has 0 radical (unpaired) electrons. The van der Waals surface area contributed by atoms with E-state index in [1.54, 1.807) is 0 Å². The first-order chi connectivity index (χ1) is 41.5. The highest BCUT2D eigenvalue weighted by Crippen LogP contribution is 2.49. The minimum atomic E-state index is 0.243. The molecule has 84 heavy (non-hydrogen) atoms. The van der Waals surface area contributed by atoms with Gasteiger partial charge in [-0.25, -0.2) is 0 Å². The van der Waals surface area contributed by atoms with Crippen molar-refractivity contribution >= 4 is 97.8 Å². The number of fused-ring (bicyclic) bond motifs is 18. The molecule has 1 aliphatic heterocycles. The summed E-state index contributed by atoms with van der Waals surface area (Å²) in [6.45, 7) is 8.30. The van der Waals surface area contributed by atoms with Crippen molar-refractivity contribution in [3.63, 3.8) is 0 Å². The van der Waals surface area contributed by atoms with E-state index in [2.05, 4.69) is 307 Å². The van der Waals surface area contributed by atoms with Gasteiger partial charge in [-0.05, 0) is 155 Å². The molecular weight excluding hydrogens is 1010 g/mol. The minimum Gasteiger partial charge on any atom is -0.333 e. The van der Waals surface area contributed by atoms with Gasteiger partial charge in [0, 0.05) is 51.7 Å². The Morgan fingerprint density at radius 2 is 0.786 bits per heavy atom. The first-order valence-electron chi connectivity index (χ1n) is 29.5. The van der Waals surface area contributed by atoms with E-state index in [0.29, 0.717) is 5.92 Å². The minimum absolute atomic E-state index is 0.243. The van der Waals surface area contributed by atoms with Crippen LogP contribution in [0.4, 0.5) is 11.4 Å². The van der Waals surface area contributed by atoms with Crippen molar-refractivity contribution < 1.29 is 0 Å². The van der Waals surface area contributed by atoms with E-state index in [4.69, 9.17) is 0 Å². The fourth-order valence-corrected chi connectivity index (χ4v) is 13.3. The summed E-state index contributed by atoms with van der Waals surface area (Å²) in [5.41, 5.74) is 15.0. The Labute approximate surface area is 491 Å². The van der Waals surface area contributed by atoms with Crippen molar-refractivity contribution in [2.75, 3.05) is 4.90 Å². The molecule has 0 saturated carbocycles. The molecule has 2 aliphatic rings. The van der Waals surface area contributed by atoms with Crippen LogP contribution >= 0.6 is 0 Å². The zero-order chi connectivity index (χ0) is 56.7. The maximum absolute atomic E-state index is 4.33. The highest BCUT2D eigenvalue weighted by atomic mass is 15.2. The summed E-state index contributed by atoms with van der Waals surface area (Å²) >= 11 is 0. The van der Waals surface area contributed by atoms with Crippen molar-refractivity contribution in [2.45, 2.75) is 39.7 Å². The number of anilines is 2. The van der Waals surface area contributed by atoms with Crippen LogP contribution in [0.15, 0.2) is 298 Å². The molecule has 2 aromatic heterocycles. The molecule has 402 valence electrons. The number of para-hydroxylation sites is 2. The summed E-state index contributed by atoms with van der Waals surface area (Å²) in [6.07, 6.45) is 12.8. The number of aryl methyl sites for hydroxylation is 2. The van der Waals surface area contributed by atoms with Crippen LogP contribution in [-0.4, -0.2) is 15.6 Å². The lowest BCUT2D eigenvalue weighted by Gasteiger charge is -2.29.